The normalized spacial score (nSPS) is 16.3. The van der Waals surface area contributed by atoms with Crippen molar-refractivity contribution in [1.82, 2.24) is 13.9 Å². The van der Waals surface area contributed by atoms with Crippen LogP contribution < -0.4 is 5.56 Å². The standard InChI is InChI=1S/C23H24N4O5S/c1-16-6-8-17(9-7-16)19-13-20(21-5-4-12-32-21)27(24-19)23(29)15-26-14-18(10-11-22(26)28)33(30,31)25(2)3/h4-12,14,20H,13,15H2,1-3H3/t20-/m0/s1. The number of aryl methyl sites for hydroxylation is 1. The maximum absolute atomic E-state index is 13.3. The first kappa shape index (κ1) is 22.7. The van der Waals surface area contributed by atoms with Gasteiger partial charge in [0.25, 0.3) is 11.5 Å². The summed E-state index contributed by atoms with van der Waals surface area (Å²) in [6.45, 7) is 1.63. The largest absolute Gasteiger partial charge is 0.467 e. The third-order valence-corrected chi connectivity index (χ3v) is 7.26. The molecule has 1 aliphatic heterocycles. The Morgan fingerprint density at radius 2 is 1.88 bits per heavy atom. The van der Waals surface area contributed by atoms with Gasteiger partial charge < -0.3 is 8.98 Å². The van der Waals surface area contributed by atoms with E-state index >= 15 is 0 Å². The van der Waals surface area contributed by atoms with Gasteiger partial charge in [-0.25, -0.2) is 17.7 Å². The Labute approximate surface area is 191 Å². The van der Waals surface area contributed by atoms with Crippen molar-refractivity contribution in [2.45, 2.75) is 30.8 Å². The molecular weight excluding hydrogens is 444 g/mol. The summed E-state index contributed by atoms with van der Waals surface area (Å²) < 4.78 is 32.6. The minimum absolute atomic E-state index is 0.0762. The first-order valence-electron chi connectivity index (χ1n) is 10.3. The summed E-state index contributed by atoms with van der Waals surface area (Å²) in [5.74, 6) is 0.116. The fraction of sp³-hybridized carbons (Fsp3) is 0.261. The van der Waals surface area contributed by atoms with Gasteiger partial charge in [0.2, 0.25) is 10.0 Å². The molecule has 3 heterocycles. The number of nitrogens with zero attached hydrogens (tertiary/aromatic N) is 4. The van der Waals surface area contributed by atoms with Gasteiger partial charge in [0, 0.05) is 32.8 Å². The average Bonchev–Trinajstić information content (AvgIpc) is 3.45. The van der Waals surface area contributed by atoms with E-state index in [1.165, 1.54) is 37.6 Å². The molecule has 0 unspecified atom stereocenters. The van der Waals surface area contributed by atoms with Gasteiger partial charge in [-0.15, -0.1) is 0 Å². The second kappa shape index (κ2) is 8.80. The Hall–Kier alpha value is -3.50. The monoisotopic (exact) mass is 468 g/mol. The molecule has 0 saturated heterocycles. The number of amides is 1. The Morgan fingerprint density at radius 3 is 2.52 bits per heavy atom. The second-order valence-electron chi connectivity index (χ2n) is 8.00. The van der Waals surface area contributed by atoms with E-state index in [1.807, 2.05) is 31.2 Å². The zero-order valence-corrected chi connectivity index (χ0v) is 19.3. The van der Waals surface area contributed by atoms with Gasteiger partial charge in [-0.2, -0.15) is 5.10 Å². The highest BCUT2D eigenvalue weighted by Crippen LogP contribution is 2.33. The third-order valence-electron chi connectivity index (χ3n) is 5.46. The number of aromatic nitrogens is 1. The van der Waals surface area contributed by atoms with Crippen molar-refractivity contribution in [2.24, 2.45) is 5.10 Å². The van der Waals surface area contributed by atoms with E-state index in [4.69, 9.17) is 4.42 Å². The van der Waals surface area contributed by atoms with Gasteiger partial charge in [0.15, 0.2) is 0 Å². The lowest BCUT2D eigenvalue weighted by molar-refractivity contribution is -0.134. The van der Waals surface area contributed by atoms with Crippen molar-refractivity contribution in [3.63, 3.8) is 0 Å². The van der Waals surface area contributed by atoms with Crippen LogP contribution in [0.3, 0.4) is 0 Å². The molecule has 0 saturated carbocycles. The number of furan rings is 1. The average molecular weight is 469 g/mol. The van der Waals surface area contributed by atoms with Gasteiger partial charge in [-0.3, -0.25) is 9.59 Å². The van der Waals surface area contributed by atoms with Gasteiger partial charge in [-0.05, 0) is 30.7 Å². The molecule has 0 bridgehead atoms. The number of rotatable bonds is 6. The number of hydrazone groups is 1. The van der Waals surface area contributed by atoms with E-state index in [1.54, 1.807) is 12.1 Å². The molecule has 1 aromatic carbocycles. The molecule has 0 aliphatic carbocycles. The van der Waals surface area contributed by atoms with Crippen LogP contribution in [0.15, 0.2) is 80.2 Å². The Morgan fingerprint density at radius 1 is 1.15 bits per heavy atom. The van der Waals surface area contributed by atoms with Crippen molar-refractivity contribution in [2.75, 3.05) is 14.1 Å². The number of carbonyl (C=O) groups excluding carboxylic acids is 1. The highest BCUT2D eigenvalue weighted by atomic mass is 32.2. The van der Waals surface area contributed by atoms with E-state index in [-0.39, 0.29) is 11.4 Å². The lowest BCUT2D eigenvalue weighted by Gasteiger charge is -2.20. The fourth-order valence-corrected chi connectivity index (χ4v) is 4.50. The van der Waals surface area contributed by atoms with Gasteiger partial charge in [0.1, 0.15) is 18.3 Å². The molecule has 4 rings (SSSR count). The molecule has 33 heavy (non-hydrogen) atoms. The van der Waals surface area contributed by atoms with Gasteiger partial charge in [0.05, 0.1) is 16.9 Å². The van der Waals surface area contributed by atoms with Crippen molar-refractivity contribution in [3.8, 4) is 0 Å². The summed E-state index contributed by atoms with van der Waals surface area (Å²) in [6, 6.07) is 13.3. The van der Waals surface area contributed by atoms with Crippen LogP contribution in [0, 0.1) is 6.92 Å². The highest BCUT2D eigenvalue weighted by Gasteiger charge is 2.35. The lowest BCUT2D eigenvalue weighted by atomic mass is 10.0. The van der Waals surface area contributed by atoms with E-state index < -0.39 is 27.5 Å². The SMILES string of the molecule is Cc1ccc(C2=NN(C(=O)Cn3cc(S(=O)(=O)N(C)C)ccc3=O)[C@H](c3ccco3)C2)cc1. The molecule has 172 valence electrons. The van der Waals surface area contributed by atoms with Gasteiger partial charge >= 0.3 is 0 Å². The summed E-state index contributed by atoms with van der Waals surface area (Å²) in [5.41, 5.74) is 2.24. The van der Waals surface area contributed by atoms with Crippen LogP contribution in [-0.2, 0) is 21.4 Å². The van der Waals surface area contributed by atoms with Crippen LogP contribution in [-0.4, -0.2) is 48.0 Å². The fourth-order valence-electron chi connectivity index (χ4n) is 3.58. The minimum Gasteiger partial charge on any atom is -0.467 e. The molecule has 0 radical (unpaired) electrons. The molecule has 9 nitrogen and oxygen atoms in total. The molecule has 10 heteroatoms. The highest BCUT2D eigenvalue weighted by molar-refractivity contribution is 7.89. The molecule has 2 aromatic heterocycles. The first-order valence-corrected chi connectivity index (χ1v) is 11.7. The Kier molecular flexibility index (Phi) is 6.05. The van der Waals surface area contributed by atoms with E-state index in [9.17, 15) is 18.0 Å². The number of carbonyl (C=O) groups is 1. The molecule has 0 spiro atoms. The van der Waals surface area contributed by atoms with E-state index in [0.717, 1.165) is 31.8 Å². The topological polar surface area (TPSA) is 105 Å². The predicted molar refractivity (Wildman–Crippen MR) is 122 cm³/mol. The molecular formula is C23H24N4O5S. The minimum atomic E-state index is -3.76. The summed E-state index contributed by atoms with van der Waals surface area (Å²) in [7, 11) is -0.963. The number of benzene rings is 1. The summed E-state index contributed by atoms with van der Waals surface area (Å²) in [6.07, 6.45) is 3.16. The lowest BCUT2D eigenvalue weighted by Crippen LogP contribution is -2.34. The smallest absolute Gasteiger partial charge is 0.263 e. The number of pyridine rings is 1. The summed E-state index contributed by atoms with van der Waals surface area (Å²) >= 11 is 0. The number of hydrogen-bond acceptors (Lipinski definition) is 6. The first-order chi connectivity index (χ1) is 15.7. The van der Waals surface area contributed by atoms with E-state index in [0.29, 0.717) is 12.2 Å². The maximum Gasteiger partial charge on any atom is 0.263 e. The maximum atomic E-state index is 13.3. The number of sulfonamides is 1. The molecule has 1 aliphatic rings. The van der Waals surface area contributed by atoms with Crippen LogP contribution in [0.1, 0.15) is 29.3 Å². The molecule has 1 atom stereocenters. The molecule has 1 amide bonds. The molecule has 3 aromatic rings. The van der Waals surface area contributed by atoms with Gasteiger partial charge in [-0.1, -0.05) is 29.8 Å². The zero-order chi connectivity index (χ0) is 23.8. The number of hydrogen-bond donors (Lipinski definition) is 0. The zero-order valence-electron chi connectivity index (χ0n) is 18.5. The van der Waals surface area contributed by atoms with Crippen LogP contribution in [0.2, 0.25) is 0 Å². The van der Waals surface area contributed by atoms with Crippen LogP contribution in [0.25, 0.3) is 0 Å². The van der Waals surface area contributed by atoms with Crippen molar-refractivity contribution >= 4 is 21.6 Å². The van der Waals surface area contributed by atoms with Crippen LogP contribution in [0.4, 0.5) is 0 Å². The predicted octanol–water partition coefficient (Wildman–Crippen LogP) is 2.38. The van der Waals surface area contributed by atoms with Crippen molar-refractivity contribution < 1.29 is 17.6 Å². The van der Waals surface area contributed by atoms with Crippen LogP contribution >= 0.6 is 0 Å². The second-order valence-corrected chi connectivity index (χ2v) is 10.2. The van der Waals surface area contributed by atoms with Crippen molar-refractivity contribution in [3.05, 3.63) is 88.2 Å². The third kappa shape index (κ3) is 4.53. The quantitative estimate of drug-likeness (QED) is 0.552. The summed E-state index contributed by atoms with van der Waals surface area (Å²) in [4.78, 5) is 25.6. The Balaban J connectivity index is 1.66. The summed E-state index contributed by atoms with van der Waals surface area (Å²) in [5, 5.41) is 5.86. The van der Waals surface area contributed by atoms with E-state index in [2.05, 4.69) is 5.10 Å². The van der Waals surface area contributed by atoms with Crippen LogP contribution in [0.5, 0.6) is 0 Å². The Bertz CT molecular complexity index is 1360. The molecule has 0 N–H and O–H groups in total. The van der Waals surface area contributed by atoms with Crippen molar-refractivity contribution in [1.29, 1.82) is 0 Å². The molecule has 0 fully saturated rings.